The van der Waals surface area contributed by atoms with E-state index in [1.54, 1.807) is 11.8 Å². The van der Waals surface area contributed by atoms with Crippen LogP contribution >= 0.6 is 0 Å². The van der Waals surface area contributed by atoms with Gasteiger partial charge < -0.3 is 10.2 Å². The third-order valence-corrected chi connectivity index (χ3v) is 4.61. The summed E-state index contributed by atoms with van der Waals surface area (Å²) < 4.78 is 0. The average Bonchev–Trinajstić information content (AvgIpc) is 2.64. The molecular formula is C24H32N2O2. The molecule has 0 radical (unpaired) electrons. The van der Waals surface area contributed by atoms with Gasteiger partial charge in [-0.05, 0) is 52.2 Å². The molecule has 0 bridgehead atoms. The Morgan fingerprint density at radius 3 is 2.14 bits per heavy atom. The van der Waals surface area contributed by atoms with Crippen LogP contribution in [0.25, 0.3) is 0 Å². The Morgan fingerprint density at radius 1 is 0.964 bits per heavy atom. The second-order valence-electron chi connectivity index (χ2n) is 8.41. The van der Waals surface area contributed by atoms with Crippen molar-refractivity contribution in [3.63, 3.8) is 0 Å². The fourth-order valence-electron chi connectivity index (χ4n) is 2.99. The molecule has 0 spiro atoms. The summed E-state index contributed by atoms with van der Waals surface area (Å²) in [5.41, 5.74) is 3.01. The number of hydrogen-bond donors (Lipinski definition) is 1. The first-order chi connectivity index (χ1) is 13.2. The molecule has 0 saturated carbocycles. The number of nitrogens with one attached hydrogen (secondary N) is 1. The fourth-order valence-corrected chi connectivity index (χ4v) is 2.99. The van der Waals surface area contributed by atoms with Gasteiger partial charge in [0.05, 0.1) is 0 Å². The summed E-state index contributed by atoms with van der Waals surface area (Å²) in [6.45, 7) is 10.1. The summed E-state index contributed by atoms with van der Waals surface area (Å²) in [6, 6.07) is 17.5. The Morgan fingerprint density at radius 2 is 1.57 bits per heavy atom. The minimum atomic E-state index is -0.537. The number of carbonyl (C=O) groups is 2. The summed E-state index contributed by atoms with van der Waals surface area (Å²) in [5.74, 6) is -0.145. The van der Waals surface area contributed by atoms with E-state index in [-0.39, 0.29) is 17.4 Å². The van der Waals surface area contributed by atoms with E-state index in [1.807, 2.05) is 58.0 Å². The lowest BCUT2D eigenvalue weighted by atomic mass is 10.1. The van der Waals surface area contributed by atoms with Crippen molar-refractivity contribution in [2.24, 2.45) is 0 Å². The molecule has 4 nitrogen and oxygen atoms in total. The summed E-state index contributed by atoms with van der Waals surface area (Å²) in [7, 11) is 0. The lowest BCUT2D eigenvalue weighted by Crippen LogP contribution is -2.52. The number of carbonyl (C=O) groups excluding carboxylic acids is 2. The highest BCUT2D eigenvalue weighted by Gasteiger charge is 2.28. The van der Waals surface area contributed by atoms with E-state index in [4.69, 9.17) is 0 Å². The summed E-state index contributed by atoms with van der Waals surface area (Å²) in [5, 5.41) is 2.99. The van der Waals surface area contributed by atoms with E-state index in [1.165, 1.54) is 5.56 Å². The van der Waals surface area contributed by atoms with Crippen LogP contribution in [0.3, 0.4) is 0 Å². The van der Waals surface area contributed by atoms with Gasteiger partial charge in [0, 0.05) is 18.5 Å². The van der Waals surface area contributed by atoms with Gasteiger partial charge >= 0.3 is 0 Å². The van der Waals surface area contributed by atoms with E-state index in [2.05, 4.69) is 29.6 Å². The molecule has 0 fully saturated rings. The smallest absolute Gasteiger partial charge is 0.242 e. The van der Waals surface area contributed by atoms with Gasteiger partial charge in [0.2, 0.25) is 11.8 Å². The molecule has 2 amide bonds. The van der Waals surface area contributed by atoms with Gasteiger partial charge in [-0.25, -0.2) is 0 Å². The van der Waals surface area contributed by atoms with Crippen LogP contribution in [0.1, 0.15) is 50.8 Å². The first kappa shape index (κ1) is 21.7. The van der Waals surface area contributed by atoms with Crippen molar-refractivity contribution in [2.75, 3.05) is 0 Å². The van der Waals surface area contributed by atoms with Crippen LogP contribution < -0.4 is 5.32 Å². The van der Waals surface area contributed by atoms with E-state index in [0.717, 1.165) is 11.1 Å². The van der Waals surface area contributed by atoms with E-state index < -0.39 is 6.04 Å². The van der Waals surface area contributed by atoms with Crippen LogP contribution in [-0.4, -0.2) is 28.3 Å². The molecule has 0 saturated heterocycles. The number of rotatable bonds is 7. The second-order valence-corrected chi connectivity index (χ2v) is 8.41. The van der Waals surface area contributed by atoms with Crippen LogP contribution in [0.4, 0.5) is 0 Å². The van der Waals surface area contributed by atoms with Gasteiger partial charge in [0.15, 0.2) is 0 Å². The monoisotopic (exact) mass is 380 g/mol. The van der Waals surface area contributed by atoms with Crippen LogP contribution in [0, 0.1) is 6.92 Å². The molecule has 1 atom stereocenters. The zero-order valence-electron chi connectivity index (χ0n) is 17.7. The molecule has 0 aliphatic heterocycles. The van der Waals surface area contributed by atoms with E-state index in [0.29, 0.717) is 19.4 Å². The van der Waals surface area contributed by atoms with E-state index in [9.17, 15) is 9.59 Å². The molecule has 150 valence electrons. The largest absolute Gasteiger partial charge is 0.350 e. The van der Waals surface area contributed by atoms with Gasteiger partial charge in [-0.1, -0.05) is 60.2 Å². The minimum absolute atomic E-state index is 0.0130. The SMILES string of the molecule is Cc1ccc(CCC(=O)N(Cc2ccccc2)[C@H](C)C(=O)NC(C)(C)C)cc1. The minimum Gasteiger partial charge on any atom is -0.350 e. The standard InChI is InChI=1S/C24H32N2O2/c1-18-11-13-20(14-12-18)15-16-22(27)26(17-21-9-7-6-8-10-21)19(2)23(28)25-24(3,4)5/h6-14,19H,15-17H2,1-5H3,(H,25,28)/t19-/m1/s1. The maximum Gasteiger partial charge on any atom is 0.242 e. The van der Waals surface area contributed by atoms with Gasteiger partial charge in [0.25, 0.3) is 0 Å². The summed E-state index contributed by atoms with van der Waals surface area (Å²) in [4.78, 5) is 27.4. The molecule has 2 aromatic rings. The Bertz CT molecular complexity index is 777. The number of aryl methyl sites for hydroxylation is 2. The molecular weight excluding hydrogens is 348 g/mol. The Labute approximate surface area is 169 Å². The third-order valence-electron chi connectivity index (χ3n) is 4.61. The van der Waals surface area contributed by atoms with Crippen molar-refractivity contribution in [3.05, 3.63) is 71.3 Å². The average molecular weight is 381 g/mol. The van der Waals surface area contributed by atoms with Gasteiger partial charge in [-0.15, -0.1) is 0 Å². The topological polar surface area (TPSA) is 49.4 Å². The number of nitrogens with zero attached hydrogens (tertiary/aromatic N) is 1. The highest BCUT2D eigenvalue weighted by molar-refractivity contribution is 5.87. The molecule has 28 heavy (non-hydrogen) atoms. The summed E-state index contributed by atoms with van der Waals surface area (Å²) in [6.07, 6.45) is 1.04. The first-order valence-electron chi connectivity index (χ1n) is 9.87. The predicted octanol–water partition coefficient (Wildman–Crippen LogP) is 4.26. The Balaban J connectivity index is 2.12. The van der Waals surface area contributed by atoms with Crippen molar-refractivity contribution in [3.8, 4) is 0 Å². The molecule has 0 aliphatic carbocycles. The van der Waals surface area contributed by atoms with Crippen LogP contribution in [0.15, 0.2) is 54.6 Å². The third kappa shape index (κ3) is 6.84. The second kappa shape index (κ2) is 9.54. The van der Waals surface area contributed by atoms with Crippen LogP contribution in [0.5, 0.6) is 0 Å². The highest BCUT2D eigenvalue weighted by atomic mass is 16.2. The molecule has 0 heterocycles. The molecule has 0 unspecified atom stereocenters. The van der Waals surface area contributed by atoms with Crippen molar-refractivity contribution >= 4 is 11.8 Å². The first-order valence-corrected chi connectivity index (χ1v) is 9.87. The Kier molecular flexibility index (Phi) is 7.38. The van der Waals surface area contributed by atoms with Crippen molar-refractivity contribution in [2.45, 2.75) is 65.6 Å². The normalized spacial score (nSPS) is 12.3. The zero-order valence-corrected chi connectivity index (χ0v) is 17.7. The lowest BCUT2D eigenvalue weighted by Gasteiger charge is -2.31. The van der Waals surface area contributed by atoms with Crippen LogP contribution in [0.2, 0.25) is 0 Å². The molecule has 2 aromatic carbocycles. The van der Waals surface area contributed by atoms with Crippen LogP contribution in [-0.2, 0) is 22.6 Å². The lowest BCUT2D eigenvalue weighted by molar-refractivity contribution is -0.141. The van der Waals surface area contributed by atoms with Crippen molar-refractivity contribution in [1.29, 1.82) is 0 Å². The molecule has 0 aliphatic rings. The maximum absolute atomic E-state index is 13.0. The molecule has 2 rings (SSSR count). The zero-order chi connectivity index (χ0) is 20.7. The molecule has 1 N–H and O–H groups in total. The van der Waals surface area contributed by atoms with Gasteiger partial charge in [-0.2, -0.15) is 0 Å². The number of amides is 2. The molecule has 4 heteroatoms. The predicted molar refractivity (Wildman–Crippen MR) is 114 cm³/mol. The van der Waals surface area contributed by atoms with Gasteiger partial charge in [0.1, 0.15) is 6.04 Å². The highest BCUT2D eigenvalue weighted by Crippen LogP contribution is 2.14. The Hall–Kier alpha value is -2.62. The maximum atomic E-state index is 13.0. The number of benzene rings is 2. The molecule has 0 aromatic heterocycles. The van der Waals surface area contributed by atoms with Crippen molar-refractivity contribution in [1.82, 2.24) is 10.2 Å². The van der Waals surface area contributed by atoms with Crippen molar-refractivity contribution < 1.29 is 9.59 Å². The van der Waals surface area contributed by atoms with E-state index >= 15 is 0 Å². The summed E-state index contributed by atoms with van der Waals surface area (Å²) >= 11 is 0. The fraction of sp³-hybridized carbons (Fsp3) is 0.417. The van der Waals surface area contributed by atoms with Gasteiger partial charge in [-0.3, -0.25) is 9.59 Å². The number of hydrogen-bond acceptors (Lipinski definition) is 2. The quantitative estimate of drug-likeness (QED) is 0.780.